The molecule has 1 rings (SSSR count). The van der Waals surface area contributed by atoms with Gasteiger partial charge in [-0.25, -0.2) is 8.78 Å². The number of aliphatic hydroxyl groups excluding tert-OH is 1. The van der Waals surface area contributed by atoms with Crippen LogP contribution in [0.2, 0.25) is 0 Å². The molecule has 0 saturated heterocycles. The number of rotatable bonds is 5. The van der Waals surface area contributed by atoms with Crippen LogP contribution in [0.1, 0.15) is 17.9 Å². The maximum atomic E-state index is 12.2. The largest absolute Gasteiger partial charge is 0.388 e. The second-order valence-corrected chi connectivity index (χ2v) is 4.61. The minimum absolute atomic E-state index is 0.131. The number of hydrogen-bond donors (Lipinski definition) is 1. The Labute approximate surface area is 100 Å². The molecule has 17 heavy (non-hydrogen) atoms. The summed E-state index contributed by atoms with van der Waals surface area (Å²) in [5, 5.41) is 20.2. The summed E-state index contributed by atoms with van der Waals surface area (Å²) in [5.74, 6) is 0. The molecule has 1 heterocycles. The van der Waals surface area contributed by atoms with Crippen LogP contribution in [0.25, 0.3) is 0 Å². The Morgan fingerprint density at radius 1 is 1.65 bits per heavy atom. The van der Waals surface area contributed by atoms with E-state index in [9.17, 15) is 24.0 Å². The molecule has 1 atom stereocenters. The molecule has 1 aromatic heterocycles. The minimum atomic E-state index is -2.57. The van der Waals surface area contributed by atoms with Gasteiger partial charge in [0.25, 0.3) is 6.43 Å². The molecule has 0 saturated carbocycles. The third kappa shape index (κ3) is 3.34. The summed E-state index contributed by atoms with van der Waals surface area (Å²) >= 11 is 0.947. The number of anilines is 1. The molecule has 0 amide bonds. The molecule has 0 fully saturated rings. The van der Waals surface area contributed by atoms with Crippen molar-refractivity contribution in [2.24, 2.45) is 0 Å². The third-order valence-corrected chi connectivity index (χ3v) is 3.49. The average Bonchev–Trinajstić information content (AvgIpc) is 2.60. The lowest BCUT2D eigenvalue weighted by atomic mass is 10.3. The SMILES string of the molecule is C[C@@H](O)c1cc([N+](=O)[O-])c(N(C)CC(F)F)s1. The Hall–Kier alpha value is -1.28. The van der Waals surface area contributed by atoms with Gasteiger partial charge in [0.1, 0.15) is 0 Å². The number of halogens is 2. The lowest BCUT2D eigenvalue weighted by Crippen LogP contribution is -2.23. The van der Waals surface area contributed by atoms with E-state index in [1.807, 2.05) is 0 Å². The molecule has 0 bridgehead atoms. The first kappa shape index (κ1) is 13.8. The van der Waals surface area contributed by atoms with E-state index in [0.717, 1.165) is 16.2 Å². The Balaban J connectivity index is 3.07. The van der Waals surface area contributed by atoms with Crippen molar-refractivity contribution in [3.05, 3.63) is 21.1 Å². The number of hydrogen-bond acceptors (Lipinski definition) is 5. The summed E-state index contributed by atoms with van der Waals surface area (Å²) in [5.41, 5.74) is -0.256. The van der Waals surface area contributed by atoms with Crippen LogP contribution in [0.5, 0.6) is 0 Å². The van der Waals surface area contributed by atoms with E-state index in [1.165, 1.54) is 20.0 Å². The number of thiophene rings is 1. The first-order chi connectivity index (χ1) is 7.82. The molecule has 96 valence electrons. The van der Waals surface area contributed by atoms with Crippen molar-refractivity contribution in [1.29, 1.82) is 0 Å². The van der Waals surface area contributed by atoms with Crippen LogP contribution in [0.4, 0.5) is 19.5 Å². The lowest BCUT2D eigenvalue weighted by Gasteiger charge is -2.15. The van der Waals surface area contributed by atoms with Gasteiger partial charge in [-0.2, -0.15) is 0 Å². The summed E-state index contributed by atoms with van der Waals surface area (Å²) < 4.78 is 24.4. The molecule has 5 nitrogen and oxygen atoms in total. The highest BCUT2D eigenvalue weighted by molar-refractivity contribution is 7.16. The van der Waals surface area contributed by atoms with Crippen molar-refractivity contribution in [3.63, 3.8) is 0 Å². The third-order valence-electron chi connectivity index (χ3n) is 2.08. The standard InChI is InChI=1S/C9H12F2N2O3S/c1-5(14)7-3-6(13(15)16)9(17-7)12(2)4-8(10)11/h3,5,8,14H,4H2,1-2H3/t5-/m1/s1. The van der Waals surface area contributed by atoms with E-state index in [2.05, 4.69) is 0 Å². The molecule has 0 spiro atoms. The molecule has 1 aromatic rings. The van der Waals surface area contributed by atoms with Gasteiger partial charge in [0.05, 0.1) is 17.6 Å². The van der Waals surface area contributed by atoms with Crippen LogP contribution in [0.15, 0.2) is 6.07 Å². The van der Waals surface area contributed by atoms with E-state index < -0.39 is 24.0 Å². The molecule has 0 aliphatic rings. The Kier molecular flexibility index (Phi) is 4.35. The van der Waals surface area contributed by atoms with E-state index in [4.69, 9.17) is 0 Å². The number of alkyl halides is 2. The molecule has 0 aromatic carbocycles. The van der Waals surface area contributed by atoms with Crippen LogP contribution < -0.4 is 4.90 Å². The highest BCUT2D eigenvalue weighted by atomic mass is 32.1. The quantitative estimate of drug-likeness (QED) is 0.656. The fourth-order valence-electron chi connectivity index (χ4n) is 1.29. The highest BCUT2D eigenvalue weighted by Crippen LogP contribution is 2.39. The van der Waals surface area contributed by atoms with Gasteiger partial charge < -0.3 is 10.0 Å². The zero-order valence-corrected chi connectivity index (χ0v) is 10.1. The van der Waals surface area contributed by atoms with E-state index >= 15 is 0 Å². The Morgan fingerprint density at radius 3 is 2.65 bits per heavy atom. The fraction of sp³-hybridized carbons (Fsp3) is 0.556. The molecule has 0 aliphatic carbocycles. The van der Waals surface area contributed by atoms with Gasteiger partial charge in [0.15, 0.2) is 5.00 Å². The minimum Gasteiger partial charge on any atom is -0.388 e. The average molecular weight is 266 g/mol. The summed E-state index contributed by atoms with van der Waals surface area (Å²) in [6, 6.07) is 1.21. The van der Waals surface area contributed by atoms with Crippen LogP contribution in [-0.4, -0.2) is 30.0 Å². The van der Waals surface area contributed by atoms with Gasteiger partial charge in [0.2, 0.25) is 0 Å². The molecular weight excluding hydrogens is 254 g/mol. The second-order valence-electron chi connectivity index (χ2n) is 3.54. The van der Waals surface area contributed by atoms with Crippen molar-refractivity contribution in [1.82, 2.24) is 0 Å². The number of nitrogens with zero attached hydrogens (tertiary/aromatic N) is 2. The molecule has 0 aliphatic heterocycles. The van der Waals surface area contributed by atoms with Crippen molar-refractivity contribution in [3.8, 4) is 0 Å². The van der Waals surface area contributed by atoms with Gasteiger partial charge in [-0.15, -0.1) is 11.3 Å². The Morgan fingerprint density at radius 2 is 2.24 bits per heavy atom. The highest BCUT2D eigenvalue weighted by Gasteiger charge is 2.24. The molecule has 1 N–H and O–H groups in total. The summed E-state index contributed by atoms with van der Waals surface area (Å²) in [6.07, 6.45) is -3.43. The maximum Gasteiger partial charge on any atom is 0.304 e. The first-order valence-electron chi connectivity index (χ1n) is 4.78. The van der Waals surface area contributed by atoms with Crippen LogP contribution in [-0.2, 0) is 0 Å². The van der Waals surface area contributed by atoms with Crippen molar-refractivity contribution < 1.29 is 18.8 Å². The van der Waals surface area contributed by atoms with Gasteiger partial charge in [-0.3, -0.25) is 10.1 Å². The lowest BCUT2D eigenvalue weighted by molar-refractivity contribution is -0.383. The topological polar surface area (TPSA) is 66.6 Å². The van der Waals surface area contributed by atoms with E-state index in [0.29, 0.717) is 4.88 Å². The first-order valence-corrected chi connectivity index (χ1v) is 5.60. The summed E-state index contributed by atoms with van der Waals surface area (Å²) in [4.78, 5) is 11.6. The molecule has 8 heteroatoms. The second kappa shape index (κ2) is 5.37. The predicted octanol–water partition coefficient (Wildman–Crippen LogP) is 2.41. The smallest absolute Gasteiger partial charge is 0.304 e. The fourth-order valence-corrected chi connectivity index (χ4v) is 2.32. The van der Waals surface area contributed by atoms with Gasteiger partial charge >= 0.3 is 5.69 Å². The Bertz CT molecular complexity index is 409. The van der Waals surface area contributed by atoms with Crippen molar-refractivity contribution in [2.75, 3.05) is 18.5 Å². The van der Waals surface area contributed by atoms with Crippen molar-refractivity contribution in [2.45, 2.75) is 19.5 Å². The van der Waals surface area contributed by atoms with Crippen molar-refractivity contribution >= 4 is 22.0 Å². The maximum absolute atomic E-state index is 12.2. The predicted molar refractivity (Wildman–Crippen MR) is 60.9 cm³/mol. The monoisotopic (exact) mass is 266 g/mol. The van der Waals surface area contributed by atoms with Crippen LogP contribution >= 0.6 is 11.3 Å². The number of aliphatic hydroxyl groups is 1. The van der Waals surface area contributed by atoms with Gasteiger partial charge in [-0.05, 0) is 6.92 Å². The summed E-state index contributed by atoms with van der Waals surface area (Å²) in [7, 11) is 1.36. The zero-order chi connectivity index (χ0) is 13.2. The molecular formula is C9H12F2N2O3S. The zero-order valence-electron chi connectivity index (χ0n) is 9.26. The van der Waals surface area contributed by atoms with Crippen LogP contribution in [0.3, 0.4) is 0 Å². The molecule has 0 radical (unpaired) electrons. The normalized spacial score (nSPS) is 12.8. The van der Waals surface area contributed by atoms with E-state index in [1.54, 1.807) is 0 Å². The van der Waals surface area contributed by atoms with E-state index in [-0.39, 0.29) is 10.7 Å². The van der Waals surface area contributed by atoms with Crippen LogP contribution in [0, 0.1) is 10.1 Å². The molecule has 0 unspecified atom stereocenters. The van der Waals surface area contributed by atoms with Gasteiger partial charge in [0, 0.05) is 18.0 Å². The van der Waals surface area contributed by atoms with Gasteiger partial charge in [-0.1, -0.05) is 0 Å². The summed E-state index contributed by atoms with van der Waals surface area (Å²) in [6.45, 7) is 0.882. The number of nitro groups is 1.